The van der Waals surface area contributed by atoms with Crippen LogP contribution in [0.5, 0.6) is 0 Å². The molecule has 2 heteroatoms. The number of rotatable bonds is 3. The predicted molar refractivity (Wildman–Crippen MR) is 91.7 cm³/mol. The SMILES string of the molecule is O=C1N(Cc2ccccc2)C(c2ccccc2)C12CCCCC2. The summed E-state index contributed by atoms with van der Waals surface area (Å²) in [5.41, 5.74) is 2.38. The van der Waals surface area contributed by atoms with E-state index in [1.54, 1.807) is 0 Å². The highest BCUT2D eigenvalue weighted by molar-refractivity contribution is 5.90. The average Bonchev–Trinajstić information content (AvgIpc) is 2.63. The van der Waals surface area contributed by atoms with E-state index in [9.17, 15) is 4.79 Å². The monoisotopic (exact) mass is 305 g/mol. The number of carbonyl (C=O) groups is 1. The second-order valence-corrected chi connectivity index (χ2v) is 6.95. The third-order valence-corrected chi connectivity index (χ3v) is 5.58. The molecule has 1 amide bonds. The molecule has 23 heavy (non-hydrogen) atoms. The topological polar surface area (TPSA) is 20.3 Å². The van der Waals surface area contributed by atoms with E-state index >= 15 is 0 Å². The molecule has 1 saturated carbocycles. The van der Waals surface area contributed by atoms with Crippen LogP contribution < -0.4 is 0 Å². The van der Waals surface area contributed by atoms with Gasteiger partial charge in [-0.05, 0) is 24.0 Å². The van der Waals surface area contributed by atoms with E-state index in [1.165, 1.54) is 30.4 Å². The van der Waals surface area contributed by atoms with Gasteiger partial charge in [-0.15, -0.1) is 0 Å². The van der Waals surface area contributed by atoms with Crippen LogP contribution in [0.1, 0.15) is 49.3 Å². The Morgan fingerprint density at radius 1 is 0.870 bits per heavy atom. The Morgan fingerprint density at radius 3 is 2.13 bits per heavy atom. The highest BCUT2D eigenvalue weighted by Crippen LogP contribution is 2.58. The lowest BCUT2D eigenvalue weighted by atomic mass is 9.60. The van der Waals surface area contributed by atoms with Gasteiger partial charge in [0.1, 0.15) is 0 Å². The Morgan fingerprint density at radius 2 is 1.48 bits per heavy atom. The fourth-order valence-corrected chi connectivity index (χ4v) is 4.50. The lowest BCUT2D eigenvalue weighted by Crippen LogP contribution is -2.63. The van der Waals surface area contributed by atoms with E-state index < -0.39 is 0 Å². The van der Waals surface area contributed by atoms with Gasteiger partial charge in [-0.1, -0.05) is 79.9 Å². The van der Waals surface area contributed by atoms with Crippen LogP contribution in [0.3, 0.4) is 0 Å². The highest BCUT2D eigenvalue weighted by Gasteiger charge is 2.60. The van der Waals surface area contributed by atoms with E-state index in [4.69, 9.17) is 0 Å². The molecule has 0 bridgehead atoms. The van der Waals surface area contributed by atoms with E-state index in [0.717, 1.165) is 19.4 Å². The van der Waals surface area contributed by atoms with Crippen molar-refractivity contribution >= 4 is 5.91 Å². The van der Waals surface area contributed by atoms with E-state index in [2.05, 4.69) is 47.4 Å². The lowest BCUT2D eigenvalue weighted by molar-refractivity contribution is -0.180. The van der Waals surface area contributed by atoms with Gasteiger partial charge in [-0.2, -0.15) is 0 Å². The molecule has 0 aromatic heterocycles. The summed E-state index contributed by atoms with van der Waals surface area (Å²) >= 11 is 0. The number of hydrogen-bond acceptors (Lipinski definition) is 1. The summed E-state index contributed by atoms with van der Waals surface area (Å²) in [6.45, 7) is 0.723. The number of amides is 1. The van der Waals surface area contributed by atoms with Crippen molar-refractivity contribution < 1.29 is 4.79 Å². The molecule has 2 aromatic rings. The van der Waals surface area contributed by atoms with Crippen molar-refractivity contribution in [2.45, 2.75) is 44.7 Å². The molecule has 2 nitrogen and oxygen atoms in total. The van der Waals surface area contributed by atoms with Crippen LogP contribution in [0.2, 0.25) is 0 Å². The Balaban J connectivity index is 1.67. The Hall–Kier alpha value is -2.09. The molecule has 1 aliphatic carbocycles. The standard InChI is InChI=1S/C21H23NO/c23-20-21(14-8-3-9-15-21)19(18-12-6-2-7-13-18)22(20)16-17-10-4-1-5-11-17/h1-2,4-7,10-13,19H,3,8-9,14-16H2. The van der Waals surface area contributed by atoms with Gasteiger partial charge in [0.15, 0.2) is 0 Å². The van der Waals surface area contributed by atoms with Gasteiger partial charge in [-0.3, -0.25) is 4.79 Å². The molecule has 1 atom stereocenters. The summed E-state index contributed by atoms with van der Waals surface area (Å²) in [7, 11) is 0. The molecule has 1 unspecified atom stereocenters. The maximum absolute atomic E-state index is 13.1. The van der Waals surface area contributed by atoms with Crippen molar-refractivity contribution in [3.05, 3.63) is 71.8 Å². The summed E-state index contributed by atoms with van der Waals surface area (Å²) in [5.74, 6) is 0.370. The van der Waals surface area contributed by atoms with Crippen LogP contribution in [-0.2, 0) is 11.3 Å². The van der Waals surface area contributed by atoms with Gasteiger partial charge >= 0.3 is 0 Å². The normalized spacial score (nSPS) is 22.9. The molecule has 4 rings (SSSR count). The molecular formula is C21H23NO. The summed E-state index contributed by atoms with van der Waals surface area (Å²) in [6, 6.07) is 21.2. The first kappa shape index (κ1) is 14.5. The van der Waals surface area contributed by atoms with Gasteiger partial charge < -0.3 is 4.90 Å². The molecule has 1 spiro atoms. The van der Waals surface area contributed by atoms with Crippen molar-refractivity contribution in [1.82, 2.24) is 4.90 Å². The van der Waals surface area contributed by atoms with Crippen LogP contribution in [0.25, 0.3) is 0 Å². The largest absolute Gasteiger partial charge is 0.330 e. The first-order valence-corrected chi connectivity index (χ1v) is 8.71. The van der Waals surface area contributed by atoms with Crippen LogP contribution in [0.15, 0.2) is 60.7 Å². The van der Waals surface area contributed by atoms with Crippen molar-refractivity contribution in [3.8, 4) is 0 Å². The van der Waals surface area contributed by atoms with E-state index in [0.29, 0.717) is 5.91 Å². The zero-order valence-corrected chi connectivity index (χ0v) is 13.4. The smallest absolute Gasteiger partial charge is 0.232 e. The number of nitrogens with zero attached hydrogens (tertiary/aromatic N) is 1. The van der Waals surface area contributed by atoms with Crippen LogP contribution in [0, 0.1) is 5.41 Å². The van der Waals surface area contributed by atoms with Crippen LogP contribution >= 0.6 is 0 Å². The second kappa shape index (κ2) is 5.84. The summed E-state index contributed by atoms with van der Waals surface area (Å²) in [6.07, 6.45) is 5.76. The summed E-state index contributed by atoms with van der Waals surface area (Å²) in [5, 5.41) is 0. The number of carbonyl (C=O) groups excluding carboxylic acids is 1. The maximum atomic E-state index is 13.1. The zero-order chi connectivity index (χ0) is 15.7. The van der Waals surface area contributed by atoms with Gasteiger partial charge in [0, 0.05) is 6.54 Å². The molecule has 118 valence electrons. The van der Waals surface area contributed by atoms with Crippen LogP contribution in [-0.4, -0.2) is 10.8 Å². The molecule has 1 saturated heterocycles. The minimum atomic E-state index is -0.131. The molecule has 2 aliphatic rings. The minimum Gasteiger partial charge on any atom is -0.330 e. The summed E-state index contributed by atoms with van der Waals surface area (Å²) in [4.78, 5) is 15.1. The first-order chi connectivity index (χ1) is 11.3. The minimum absolute atomic E-state index is 0.131. The van der Waals surface area contributed by atoms with Gasteiger partial charge in [0.05, 0.1) is 11.5 Å². The third kappa shape index (κ3) is 2.37. The fraction of sp³-hybridized carbons (Fsp3) is 0.381. The Bertz CT molecular complexity index is 674. The molecule has 0 N–H and O–H groups in total. The maximum Gasteiger partial charge on any atom is 0.232 e. The molecule has 2 fully saturated rings. The van der Waals surface area contributed by atoms with Crippen molar-refractivity contribution in [3.63, 3.8) is 0 Å². The van der Waals surface area contributed by atoms with Gasteiger partial charge in [-0.25, -0.2) is 0 Å². The zero-order valence-electron chi connectivity index (χ0n) is 13.4. The van der Waals surface area contributed by atoms with Crippen molar-refractivity contribution in [2.24, 2.45) is 5.41 Å². The average molecular weight is 305 g/mol. The first-order valence-electron chi connectivity index (χ1n) is 8.71. The molecular weight excluding hydrogens is 282 g/mol. The summed E-state index contributed by atoms with van der Waals surface area (Å²) < 4.78 is 0. The quantitative estimate of drug-likeness (QED) is 0.751. The van der Waals surface area contributed by atoms with Crippen molar-refractivity contribution in [2.75, 3.05) is 0 Å². The molecule has 0 radical (unpaired) electrons. The molecule has 1 aliphatic heterocycles. The van der Waals surface area contributed by atoms with E-state index in [-0.39, 0.29) is 11.5 Å². The lowest BCUT2D eigenvalue weighted by Gasteiger charge is -2.58. The predicted octanol–water partition coefficient (Wildman–Crippen LogP) is 4.72. The second-order valence-electron chi connectivity index (χ2n) is 6.95. The van der Waals surface area contributed by atoms with Crippen molar-refractivity contribution in [1.29, 1.82) is 0 Å². The Kier molecular flexibility index (Phi) is 3.68. The number of likely N-dealkylation sites (tertiary alicyclic amines) is 1. The number of benzene rings is 2. The molecule has 2 aromatic carbocycles. The number of β-lactam (4-membered cyclic amide) rings is 1. The van der Waals surface area contributed by atoms with Crippen LogP contribution in [0.4, 0.5) is 0 Å². The highest BCUT2D eigenvalue weighted by atomic mass is 16.2. The van der Waals surface area contributed by atoms with E-state index in [1.807, 2.05) is 18.2 Å². The van der Waals surface area contributed by atoms with Gasteiger partial charge in [0.2, 0.25) is 5.91 Å². The fourth-order valence-electron chi connectivity index (χ4n) is 4.50. The third-order valence-electron chi connectivity index (χ3n) is 5.58. The van der Waals surface area contributed by atoms with Gasteiger partial charge in [0.25, 0.3) is 0 Å². The molecule has 1 heterocycles. The Labute approximate surface area is 138 Å². The number of hydrogen-bond donors (Lipinski definition) is 0.